The van der Waals surface area contributed by atoms with Crippen LogP contribution in [-0.4, -0.2) is 16.0 Å². The predicted octanol–water partition coefficient (Wildman–Crippen LogP) is 3.31. The Balaban J connectivity index is 1.77. The van der Waals surface area contributed by atoms with Gasteiger partial charge in [-0.3, -0.25) is 4.79 Å². The van der Waals surface area contributed by atoms with Crippen molar-refractivity contribution in [1.29, 1.82) is 0 Å². The quantitative estimate of drug-likeness (QED) is 0.769. The number of aliphatic hydroxyl groups excluding tert-OH is 1. The van der Waals surface area contributed by atoms with Crippen LogP contribution in [0.2, 0.25) is 0 Å². The Kier molecular flexibility index (Phi) is 2.74. The number of phenols is 1. The minimum Gasteiger partial charge on any atom is -0.508 e. The van der Waals surface area contributed by atoms with Gasteiger partial charge in [0.2, 0.25) is 0 Å². The van der Waals surface area contributed by atoms with Crippen LogP contribution in [-0.2, 0) is 4.79 Å². The highest BCUT2D eigenvalue weighted by Crippen LogP contribution is 2.60. The first-order chi connectivity index (χ1) is 10.0. The molecule has 3 nitrogen and oxygen atoms in total. The SMILES string of the molecule is C[C@]12CC[C@H]3c4ccc(O)cc4[C@@H](O)C[C@@H]3[C@H]1CCC2=O. The molecule has 0 unspecified atom stereocenters. The van der Waals surface area contributed by atoms with Crippen molar-refractivity contribution in [2.75, 3.05) is 0 Å². The molecule has 0 aliphatic heterocycles. The van der Waals surface area contributed by atoms with E-state index in [1.165, 1.54) is 5.56 Å². The van der Waals surface area contributed by atoms with Crippen molar-refractivity contribution in [3.63, 3.8) is 0 Å². The Labute approximate surface area is 125 Å². The fraction of sp³-hybridized carbons (Fsp3) is 0.611. The first-order valence-corrected chi connectivity index (χ1v) is 8.05. The van der Waals surface area contributed by atoms with Crippen molar-refractivity contribution in [3.05, 3.63) is 29.3 Å². The number of fused-ring (bicyclic) bond motifs is 5. The van der Waals surface area contributed by atoms with Gasteiger partial charge < -0.3 is 10.2 Å². The predicted molar refractivity (Wildman–Crippen MR) is 79.0 cm³/mol. The number of aromatic hydroxyl groups is 1. The van der Waals surface area contributed by atoms with Gasteiger partial charge in [0.15, 0.2) is 0 Å². The highest BCUT2D eigenvalue weighted by atomic mass is 16.3. The van der Waals surface area contributed by atoms with Gasteiger partial charge in [0.25, 0.3) is 0 Å². The van der Waals surface area contributed by atoms with E-state index in [0.29, 0.717) is 30.0 Å². The van der Waals surface area contributed by atoms with Gasteiger partial charge in [-0.15, -0.1) is 0 Å². The minimum atomic E-state index is -0.508. The zero-order valence-electron chi connectivity index (χ0n) is 12.4. The highest BCUT2D eigenvalue weighted by molar-refractivity contribution is 5.87. The van der Waals surface area contributed by atoms with Crippen LogP contribution >= 0.6 is 0 Å². The summed E-state index contributed by atoms with van der Waals surface area (Å²) in [5.41, 5.74) is 1.93. The van der Waals surface area contributed by atoms with Gasteiger partial charge in [-0.05, 0) is 66.7 Å². The van der Waals surface area contributed by atoms with Crippen LogP contribution in [0.15, 0.2) is 18.2 Å². The first-order valence-electron chi connectivity index (χ1n) is 8.05. The number of carbonyl (C=O) groups is 1. The van der Waals surface area contributed by atoms with Gasteiger partial charge in [0, 0.05) is 11.8 Å². The molecule has 21 heavy (non-hydrogen) atoms. The molecule has 1 aromatic carbocycles. The summed E-state index contributed by atoms with van der Waals surface area (Å²) in [7, 11) is 0. The van der Waals surface area contributed by atoms with Gasteiger partial charge in [-0.2, -0.15) is 0 Å². The molecule has 0 bridgehead atoms. The summed E-state index contributed by atoms with van der Waals surface area (Å²) in [6.07, 6.45) is 3.90. The lowest BCUT2D eigenvalue weighted by molar-refractivity contribution is -0.129. The molecule has 2 saturated carbocycles. The van der Waals surface area contributed by atoms with Crippen LogP contribution in [0.1, 0.15) is 62.2 Å². The maximum atomic E-state index is 12.3. The van der Waals surface area contributed by atoms with E-state index in [2.05, 4.69) is 6.92 Å². The summed E-state index contributed by atoms with van der Waals surface area (Å²) >= 11 is 0. The van der Waals surface area contributed by atoms with E-state index in [4.69, 9.17) is 0 Å². The van der Waals surface area contributed by atoms with Crippen molar-refractivity contribution >= 4 is 5.78 Å². The first kappa shape index (κ1) is 13.3. The van der Waals surface area contributed by atoms with Crippen LogP contribution < -0.4 is 0 Å². The van der Waals surface area contributed by atoms with E-state index in [0.717, 1.165) is 31.2 Å². The van der Waals surface area contributed by atoms with E-state index in [1.807, 2.05) is 6.07 Å². The minimum absolute atomic E-state index is 0.157. The third kappa shape index (κ3) is 1.73. The maximum Gasteiger partial charge on any atom is 0.139 e. The van der Waals surface area contributed by atoms with Crippen molar-refractivity contribution in [1.82, 2.24) is 0 Å². The lowest BCUT2D eigenvalue weighted by Gasteiger charge is -2.49. The molecule has 1 aromatic rings. The van der Waals surface area contributed by atoms with Crippen LogP contribution in [0.4, 0.5) is 0 Å². The zero-order chi connectivity index (χ0) is 14.8. The summed E-state index contributed by atoms with van der Waals surface area (Å²) in [5.74, 6) is 1.91. The van der Waals surface area contributed by atoms with E-state index in [-0.39, 0.29) is 11.2 Å². The third-order valence-corrected chi connectivity index (χ3v) is 6.47. The second-order valence-electron chi connectivity index (χ2n) is 7.36. The van der Waals surface area contributed by atoms with Gasteiger partial charge in [0.05, 0.1) is 6.10 Å². The molecule has 5 atom stereocenters. The molecule has 3 heteroatoms. The molecule has 0 radical (unpaired) electrons. The second kappa shape index (κ2) is 4.33. The summed E-state index contributed by atoms with van der Waals surface area (Å²) in [6, 6.07) is 5.41. The molecule has 4 rings (SSSR count). The molecule has 2 N–H and O–H groups in total. The maximum absolute atomic E-state index is 12.3. The molecule has 0 heterocycles. The average molecular weight is 286 g/mol. The molecule has 0 saturated heterocycles. The fourth-order valence-electron chi connectivity index (χ4n) is 5.35. The number of phenolic OH excluding ortho intramolecular Hbond substituents is 1. The molecular weight excluding hydrogens is 264 g/mol. The summed E-state index contributed by atoms with van der Waals surface area (Å²) in [5, 5.41) is 20.2. The lowest BCUT2D eigenvalue weighted by atomic mass is 9.55. The second-order valence-corrected chi connectivity index (χ2v) is 7.36. The standard InChI is InChI=1S/C18H22O3/c1-18-7-6-12-11-3-2-10(19)8-14(11)16(20)9-13(12)15(18)4-5-17(18)21/h2-3,8,12-13,15-16,19-20H,4-7,9H2,1H3/t12-,13-,15+,16-,18-/m0/s1. The van der Waals surface area contributed by atoms with E-state index < -0.39 is 6.10 Å². The number of hydrogen-bond donors (Lipinski definition) is 2. The van der Waals surface area contributed by atoms with Crippen LogP contribution in [0.3, 0.4) is 0 Å². The van der Waals surface area contributed by atoms with E-state index >= 15 is 0 Å². The Morgan fingerprint density at radius 2 is 2.05 bits per heavy atom. The number of aliphatic hydroxyl groups is 1. The Morgan fingerprint density at radius 1 is 1.24 bits per heavy atom. The Morgan fingerprint density at radius 3 is 2.86 bits per heavy atom. The monoisotopic (exact) mass is 286 g/mol. The van der Waals surface area contributed by atoms with Crippen molar-refractivity contribution in [2.24, 2.45) is 17.3 Å². The number of carbonyl (C=O) groups excluding carboxylic acids is 1. The van der Waals surface area contributed by atoms with E-state index in [1.54, 1.807) is 12.1 Å². The normalized spacial score (nSPS) is 41.3. The molecule has 3 aliphatic rings. The van der Waals surface area contributed by atoms with Crippen molar-refractivity contribution in [2.45, 2.75) is 51.0 Å². The fourth-order valence-corrected chi connectivity index (χ4v) is 5.35. The molecule has 0 spiro atoms. The molecule has 3 aliphatic carbocycles. The average Bonchev–Trinajstić information content (AvgIpc) is 2.76. The van der Waals surface area contributed by atoms with Gasteiger partial charge in [0.1, 0.15) is 11.5 Å². The van der Waals surface area contributed by atoms with E-state index in [9.17, 15) is 15.0 Å². The number of benzene rings is 1. The molecule has 112 valence electrons. The number of rotatable bonds is 0. The Bertz CT molecular complexity index is 608. The van der Waals surface area contributed by atoms with Crippen LogP contribution in [0, 0.1) is 17.3 Å². The molecule has 0 aromatic heterocycles. The summed E-state index contributed by atoms with van der Waals surface area (Å²) < 4.78 is 0. The molecule has 0 amide bonds. The third-order valence-electron chi connectivity index (χ3n) is 6.47. The number of Topliss-reactive ketones (excluding diaryl/α,β-unsaturated/α-hetero) is 1. The smallest absolute Gasteiger partial charge is 0.139 e. The van der Waals surface area contributed by atoms with Gasteiger partial charge in [-0.25, -0.2) is 0 Å². The molecular formula is C18H22O3. The molecule has 2 fully saturated rings. The van der Waals surface area contributed by atoms with Crippen LogP contribution in [0.5, 0.6) is 5.75 Å². The highest BCUT2D eigenvalue weighted by Gasteiger charge is 2.55. The number of hydrogen-bond acceptors (Lipinski definition) is 3. The topological polar surface area (TPSA) is 57.5 Å². The van der Waals surface area contributed by atoms with Gasteiger partial charge in [-0.1, -0.05) is 13.0 Å². The summed E-state index contributed by atoms with van der Waals surface area (Å²) in [6.45, 7) is 2.14. The van der Waals surface area contributed by atoms with Crippen molar-refractivity contribution in [3.8, 4) is 5.75 Å². The summed E-state index contributed by atoms with van der Waals surface area (Å²) in [4.78, 5) is 12.3. The largest absolute Gasteiger partial charge is 0.508 e. The van der Waals surface area contributed by atoms with Gasteiger partial charge >= 0.3 is 0 Å². The Hall–Kier alpha value is -1.35. The number of ketones is 1. The zero-order valence-corrected chi connectivity index (χ0v) is 12.4. The van der Waals surface area contributed by atoms with Crippen molar-refractivity contribution < 1.29 is 15.0 Å². The lowest BCUT2D eigenvalue weighted by Crippen LogP contribution is -2.43. The van der Waals surface area contributed by atoms with Crippen LogP contribution in [0.25, 0.3) is 0 Å².